The zero-order valence-electron chi connectivity index (χ0n) is 15.7. The summed E-state index contributed by atoms with van der Waals surface area (Å²) in [6.45, 7) is 2.56. The van der Waals surface area contributed by atoms with Crippen LogP contribution in [0.15, 0.2) is 65.6 Å². The smallest absolute Gasteiger partial charge is 0.258 e. The maximum Gasteiger partial charge on any atom is 0.258 e. The van der Waals surface area contributed by atoms with Crippen LogP contribution in [-0.2, 0) is 17.9 Å². The number of rotatable bonds is 6. The van der Waals surface area contributed by atoms with E-state index in [0.29, 0.717) is 29.0 Å². The minimum atomic E-state index is -0.127. The Kier molecular flexibility index (Phi) is 5.39. The molecule has 8 heteroatoms. The molecular formula is C21H18ClN5O2. The van der Waals surface area contributed by atoms with E-state index in [0.717, 1.165) is 16.7 Å². The fourth-order valence-corrected chi connectivity index (χ4v) is 2.96. The molecule has 0 saturated carbocycles. The first kappa shape index (κ1) is 18.9. The van der Waals surface area contributed by atoms with Gasteiger partial charge in [-0.25, -0.2) is 4.98 Å². The van der Waals surface area contributed by atoms with Gasteiger partial charge in [0.15, 0.2) is 0 Å². The van der Waals surface area contributed by atoms with Gasteiger partial charge >= 0.3 is 0 Å². The van der Waals surface area contributed by atoms with E-state index in [1.165, 1.54) is 0 Å². The van der Waals surface area contributed by atoms with E-state index in [2.05, 4.69) is 20.4 Å². The summed E-state index contributed by atoms with van der Waals surface area (Å²) in [6.07, 6.45) is 3.29. The minimum Gasteiger partial charge on any atom is -0.350 e. The fourth-order valence-electron chi connectivity index (χ4n) is 2.84. The van der Waals surface area contributed by atoms with Crippen LogP contribution in [-0.4, -0.2) is 25.6 Å². The minimum absolute atomic E-state index is 0.127. The summed E-state index contributed by atoms with van der Waals surface area (Å²) in [7, 11) is 0. The Balaban J connectivity index is 1.39. The lowest BCUT2D eigenvalue weighted by Crippen LogP contribution is -2.26. The van der Waals surface area contributed by atoms with Crippen molar-refractivity contribution in [2.75, 3.05) is 0 Å². The van der Waals surface area contributed by atoms with Crippen LogP contribution in [0.4, 0.5) is 0 Å². The molecule has 0 saturated heterocycles. The molecule has 29 heavy (non-hydrogen) atoms. The van der Waals surface area contributed by atoms with Crippen LogP contribution in [0.2, 0.25) is 5.02 Å². The highest BCUT2D eigenvalue weighted by Crippen LogP contribution is 2.23. The Morgan fingerprint density at radius 1 is 1.17 bits per heavy atom. The molecule has 2 aromatic heterocycles. The monoisotopic (exact) mass is 407 g/mol. The van der Waals surface area contributed by atoms with E-state index >= 15 is 0 Å². The molecular weight excluding hydrogens is 390 g/mol. The molecule has 0 aliphatic rings. The molecule has 0 spiro atoms. The van der Waals surface area contributed by atoms with Crippen molar-refractivity contribution in [1.29, 1.82) is 0 Å². The number of nitrogens with one attached hydrogen (secondary N) is 1. The third-order valence-corrected chi connectivity index (χ3v) is 4.64. The number of benzene rings is 2. The fraction of sp³-hybridized carbons (Fsp3) is 0.143. The van der Waals surface area contributed by atoms with Crippen molar-refractivity contribution in [1.82, 2.24) is 25.0 Å². The number of halogens is 1. The van der Waals surface area contributed by atoms with E-state index < -0.39 is 0 Å². The predicted octanol–water partition coefficient (Wildman–Crippen LogP) is 3.88. The topological polar surface area (TPSA) is 85.8 Å². The van der Waals surface area contributed by atoms with Gasteiger partial charge in [-0.05, 0) is 36.2 Å². The molecule has 0 unspecified atom stereocenters. The van der Waals surface area contributed by atoms with E-state index in [9.17, 15) is 4.79 Å². The van der Waals surface area contributed by atoms with Gasteiger partial charge in [0.1, 0.15) is 12.2 Å². The molecule has 0 atom stereocenters. The van der Waals surface area contributed by atoms with Crippen LogP contribution in [0.3, 0.4) is 0 Å². The summed E-state index contributed by atoms with van der Waals surface area (Å²) in [5.41, 5.74) is 3.45. The molecule has 0 aliphatic carbocycles. The Morgan fingerprint density at radius 3 is 2.76 bits per heavy atom. The first-order chi connectivity index (χ1) is 14.1. The van der Waals surface area contributed by atoms with E-state index in [1.54, 1.807) is 29.2 Å². The van der Waals surface area contributed by atoms with Gasteiger partial charge in [0.25, 0.3) is 5.89 Å². The first-order valence-corrected chi connectivity index (χ1v) is 9.39. The lowest BCUT2D eigenvalue weighted by atomic mass is 10.1. The lowest BCUT2D eigenvalue weighted by Gasteiger charge is -2.06. The second-order valence-electron chi connectivity index (χ2n) is 6.57. The predicted molar refractivity (Wildman–Crippen MR) is 109 cm³/mol. The number of hydrogen-bond donors (Lipinski definition) is 1. The molecule has 7 nitrogen and oxygen atoms in total. The summed E-state index contributed by atoms with van der Waals surface area (Å²) in [4.78, 5) is 20.9. The van der Waals surface area contributed by atoms with Crippen LogP contribution < -0.4 is 5.32 Å². The van der Waals surface area contributed by atoms with Gasteiger partial charge in [-0.3, -0.25) is 4.79 Å². The van der Waals surface area contributed by atoms with Crippen molar-refractivity contribution in [2.24, 2.45) is 0 Å². The lowest BCUT2D eigenvalue weighted by molar-refractivity contribution is -0.121. The third kappa shape index (κ3) is 4.52. The second-order valence-corrected chi connectivity index (χ2v) is 7.01. The van der Waals surface area contributed by atoms with E-state index in [4.69, 9.17) is 16.1 Å². The van der Waals surface area contributed by atoms with Crippen molar-refractivity contribution in [2.45, 2.75) is 20.0 Å². The number of amides is 1. The number of carbonyl (C=O) groups is 1. The van der Waals surface area contributed by atoms with E-state index in [1.807, 2.05) is 43.3 Å². The highest BCUT2D eigenvalue weighted by atomic mass is 35.5. The van der Waals surface area contributed by atoms with Crippen LogP contribution in [0, 0.1) is 6.92 Å². The van der Waals surface area contributed by atoms with Crippen molar-refractivity contribution in [3.8, 4) is 23.0 Å². The van der Waals surface area contributed by atoms with Gasteiger partial charge in [0.05, 0.1) is 6.33 Å². The zero-order valence-corrected chi connectivity index (χ0v) is 16.4. The molecule has 0 radical (unpaired) electrons. The molecule has 2 aromatic carbocycles. The van der Waals surface area contributed by atoms with Gasteiger partial charge in [-0.1, -0.05) is 47.1 Å². The molecule has 2 heterocycles. The number of imidazole rings is 1. The Hall–Kier alpha value is -3.45. The van der Waals surface area contributed by atoms with Gasteiger partial charge in [-0.2, -0.15) is 4.98 Å². The number of aryl methyl sites for hydroxylation is 1. The van der Waals surface area contributed by atoms with E-state index in [-0.39, 0.29) is 12.5 Å². The van der Waals surface area contributed by atoms with Crippen LogP contribution in [0.25, 0.3) is 23.0 Å². The summed E-state index contributed by atoms with van der Waals surface area (Å²) >= 11 is 5.86. The molecule has 146 valence electrons. The standard InChI is InChI=1S/C21H18ClN5O2/c1-14-4-2-3-5-17(14)21-25-20(26-29-21)18-11-27(13-24-18)12-19(28)23-10-15-6-8-16(22)9-7-15/h2-9,11,13H,10,12H2,1H3,(H,23,28). The largest absolute Gasteiger partial charge is 0.350 e. The Morgan fingerprint density at radius 2 is 1.97 bits per heavy atom. The average molecular weight is 408 g/mol. The van der Waals surface area contributed by atoms with Crippen LogP contribution in [0.1, 0.15) is 11.1 Å². The summed E-state index contributed by atoms with van der Waals surface area (Å²) in [6, 6.07) is 15.1. The zero-order chi connectivity index (χ0) is 20.2. The third-order valence-electron chi connectivity index (χ3n) is 4.39. The quantitative estimate of drug-likeness (QED) is 0.524. The molecule has 4 aromatic rings. The summed E-state index contributed by atoms with van der Waals surface area (Å²) in [5, 5.41) is 7.54. The molecule has 4 rings (SSSR count). The maximum absolute atomic E-state index is 12.2. The SMILES string of the molecule is Cc1ccccc1-c1nc(-c2cn(CC(=O)NCc3ccc(Cl)cc3)cn2)no1. The van der Waals surface area contributed by atoms with Crippen molar-refractivity contribution >= 4 is 17.5 Å². The summed E-state index contributed by atoms with van der Waals surface area (Å²) in [5.74, 6) is 0.689. The van der Waals surface area contributed by atoms with Crippen LogP contribution >= 0.6 is 11.6 Å². The second kappa shape index (κ2) is 8.28. The van der Waals surface area contributed by atoms with Crippen molar-refractivity contribution in [3.05, 3.63) is 77.2 Å². The Labute approximate surface area is 172 Å². The highest BCUT2D eigenvalue weighted by Gasteiger charge is 2.14. The number of hydrogen-bond acceptors (Lipinski definition) is 5. The van der Waals surface area contributed by atoms with Crippen LogP contribution in [0.5, 0.6) is 0 Å². The molecule has 1 amide bonds. The van der Waals surface area contributed by atoms with Crippen molar-refractivity contribution < 1.29 is 9.32 Å². The van der Waals surface area contributed by atoms with Crippen molar-refractivity contribution in [3.63, 3.8) is 0 Å². The molecule has 1 N–H and O–H groups in total. The molecule has 0 bridgehead atoms. The normalized spacial score (nSPS) is 10.8. The van der Waals surface area contributed by atoms with Gasteiger partial charge in [-0.15, -0.1) is 0 Å². The number of aromatic nitrogens is 4. The van der Waals surface area contributed by atoms with Gasteiger partial charge < -0.3 is 14.4 Å². The highest BCUT2D eigenvalue weighted by molar-refractivity contribution is 6.30. The molecule has 0 aliphatic heterocycles. The van der Waals surface area contributed by atoms with Gasteiger partial charge in [0.2, 0.25) is 11.7 Å². The summed E-state index contributed by atoms with van der Waals surface area (Å²) < 4.78 is 7.05. The maximum atomic E-state index is 12.2. The Bertz CT molecular complexity index is 1130. The van der Waals surface area contributed by atoms with Gasteiger partial charge in [0, 0.05) is 23.3 Å². The first-order valence-electron chi connectivity index (χ1n) is 9.01. The average Bonchev–Trinajstić information content (AvgIpc) is 3.37. The number of carbonyl (C=O) groups excluding carboxylic acids is 1. The number of nitrogens with zero attached hydrogens (tertiary/aromatic N) is 4. The molecule has 0 fully saturated rings.